The molecule has 6 unspecified atom stereocenters. The van der Waals surface area contributed by atoms with Crippen molar-refractivity contribution in [2.75, 3.05) is 166 Å². The number of methoxy groups -OCH3 is 6. The summed E-state index contributed by atoms with van der Waals surface area (Å²) in [5.41, 5.74) is -23.9. The highest BCUT2D eigenvalue weighted by molar-refractivity contribution is 5.37. The molecule has 0 amide bonds. The van der Waals surface area contributed by atoms with Crippen molar-refractivity contribution in [2.45, 2.75) is 260 Å². The molecule has 6 fully saturated rings. The standard InChI is InChI=1S/6C17H27NO2/c6*1-18(2)13-16(17(19)11-5-4-6-12-17)14-7-9-15(20-3)10-8-14/h6*7-10,16,19H,4-6,11-13H2,1-3H3/i1D3,2D3,4D2,5D2,6D2,11D2,12D2,13D2;1D3,4D2,5D2,6D2,11D2,12D2,13D2;1D3,2D3,4D2,5D2,6D2,11D2,12D2;4D2,5D2,6D2,11D2,12D2,13D2;1D3,4D2,5D2,6D2,11D2,12D2;4D2,5D2,6D2,11D2,12D2. The Bertz CT molecular complexity index is 7520. The molecule has 6 atom stereocenters. The first kappa shape index (κ1) is 34.8. The van der Waals surface area contributed by atoms with Crippen molar-refractivity contribution in [3.05, 3.63) is 179 Å². The molecule has 6 aromatic carbocycles. The molecule has 0 saturated heterocycles. The van der Waals surface area contributed by atoms with Gasteiger partial charge in [-0.15, -0.1) is 0 Å². The third-order valence-corrected chi connectivity index (χ3v) is 17.8. The Hall–Kier alpha value is -6.36. The first-order chi connectivity index (χ1) is 89.6. The second kappa shape index (κ2) is 50.0. The molecule has 0 aromatic heterocycles. The maximum Gasteiger partial charge on any atom is 0.118 e. The van der Waals surface area contributed by atoms with Crippen LogP contribution in [0.2, 0.25) is 0 Å². The molecule has 18 nitrogen and oxygen atoms in total. The average Bonchev–Trinajstić information content (AvgIpc) is 0.626. The van der Waals surface area contributed by atoms with Gasteiger partial charge in [0.2, 0.25) is 0 Å². The Morgan fingerprint density at radius 3 is 0.592 bits per heavy atom. The van der Waals surface area contributed by atoms with Gasteiger partial charge in [0.25, 0.3) is 0 Å². The summed E-state index contributed by atoms with van der Waals surface area (Å²) in [6.45, 7) is -32.6. The van der Waals surface area contributed by atoms with Crippen LogP contribution >= 0.6 is 0 Å². The summed E-state index contributed by atoms with van der Waals surface area (Å²) < 4.78 is 714. The van der Waals surface area contributed by atoms with Gasteiger partial charge < -0.3 is 88.5 Å². The summed E-state index contributed by atoms with van der Waals surface area (Å²) >= 11 is 0. The predicted molar refractivity (Wildman–Crippen MR) is 494 cm³/mol. The van der Waals surface area contributed by atoms with E-state index in [1.165, 1.54) is 159 Å². The van der Waals surface area contributed by atoms with Gasteiger partial charge in [0.05, 0.1) is 76.3 Å². The molecular formula is C102H162N6O12. The van der Waals surface area contributed by atoms with Crippen LogP contribution in [0.25, 0.3) is 0 Å². The lowest BCUT2D eigenvalue weighted by molar-refractivity contribution is -0.0280. The van der Waals surface area contributed by atoms with Crippen molar-refractivity contribution in [1.29, 1.82) is 0 Å². The van der Waals surface area contributed by atoms with Gasteiger partial charge in [-0.25, -0.2) is 0 Å². The molecule has 120 heavy (non-hydrogen) atoms. The van der Waals surface area contributed by atoms with Crippen molar-refractivity contribution in [3.8, 4) is 34.5 Å². The number of likely N-dealkylation sites (N-methyl/N-ethyl adjacent to an activating group) is 6. The second-order valence-corrected chi connectivity index (χ2v) is 26.9. The van der Waals surface area contributed by atoms with Gasteiger partial charge in [0.15, 0.2) is 0 Å². The monoisotopic (exact) mass is 1750 g/mol. The van der Waals surface area contributed by atoms with Crippen LogP contribution < -0.4 is 28.4 Å². The Labute approximate surface area is 844 Å². The molecule has 6 aliphatic rings. The smallest absolute Gasteiger partial charge is 0.118 e. The van der Waals surface area contributed by atoms with Crippen molar-refractivity contribution < 1.29 is 174 Å². The van der Waals surface area contributed by atoms with E-state index >= 15 is 0 Å². The highest BCUT2D eigenvalue weighted by Crippen LogP contribution is 2.47. The molecule has 0 heterocycles. The summed E-state index contributed by atoms with van der Waals surface area (Å²) in [5, 5.41) is 70.8. The van der Waals surface area contributed by atoms with E-state index in [1.807, 2.05) is 0 Å². The van der Waals surface area contributed by atoms with Crippen LogP contribution in [-0.2, 0) is 0 Å². The zero-order valence-corrected chi connectivity index (χ0v) is 67.8. The predicted octanol–water partition coefficient (Wildman–Crippen LogP) is 18.2. The SMILES string of the molecule is [2H]C([2H])(C(c1ccc(OC)cc1)C1(O)C([2H])([2H])C([2H])([2H])C([2H])([2H])C([2H])([2H])C1([2H])[2H])N(C)C.[2H]C([2H])([2H])N(C([2H])([2H])[2H])C([2H])([2H])C(c1ccc(OC)cc1)C1(O)C([2H])([2H])C([2H])([2H])C([2H])([2H])C([2H])([2H])C1([2H])[2H].[2H]C([2H])([2H])N(C)C([2H])([2H])C(c1ccc(OC)cc1)C1(O)C([2H])([2H])C([2H])([2H])C([2H])([2H])C([2H])([2H])C1([2H])[2H].[2H]C([2H])([2H])N(C)CC(c1ccc(OC)cc1)C1(O)C([2H])([2H])C([2H])([2H])C([2H])([2H])C([2H])([2H])C1([2H])[2H].[2H]C([2H])([2H])N(CC(c1ccc(OC)cc1)C1(O)C([2H])([2H])C([2H])([2H])C([2H])([2H])C([2H])([2H])C1([2H])[2H])C([2H])([2H])[2H].[2H]C1([2H])C([2H])([2H])C([2H])([2H])C(O)(C(CN(C)C)c2ccc(OC)cc2)C([2H])([2H])C1([2H])[2H]. The molecule has 0 bridgehead atoms. The molecule has 6 saturated carbocycles. The quantitative estimate of drug-likeness (QED) is 0.0249. The van der Waals surface area contributed by atoms with Crippen LogP contribution in [0.4, 0.5) is 0 Å². The van der Waals surface area contributed by atoms with Crippen LogP contribution in [0.3, 0.4) is 0 Å². The summed E-state index contributed by atoms with van der Waals surface area (Å²) in [7, 11) is 15.6. The number of hydrogen-bond acceptors (Lipinski definition) is 18. The van der Waals surface area contributed by atoms with Crippen LogP contribution in [-0.4, -0.2) is 260 Å². The summed E-state index contributed by atoms with van der Waals surface area (Å²) in [4.78, 5) is 2.52. The van der Waals surface area contributed by atoms with Crippen LogP contribution in [0.1, 0.15) is 375 Å². The Kier molecular flexibility index (Phi) is 14.5. The fourth-order valence-corrected chi connectivity index (χ4v) is 11.8. The van der Waals surface area contributed by atoms with Gasteiger partial charge in [-0.05, 0) is 267 Å². The molecule has 672 valence electrons. The van der Waals surface area contributed by atoms with E-state index in [9.17, 15) is 30.6 Å². The minimum absolute atomic E-state index is 0.0174. The van der Waals surface area contributed by atoms with Crippen molar-refractivity contribution in [1.82, 2.24) is 29.4 Å². The van der Waals surface area contributed by atoms with Crippen molar-refractivity contribution in [2.24, 2.45) is 0 Å². The van der Waals surface area contributed by atoms with E-state index in [2.05, 4.69) is 0 Å². The lowest BCUT2D eigenvalue weighted by Crippen LogP contribution is -2.42. The number of ether oxygens (including phenoxy) is 6. The van der Waals surface area contributed by atoms with E-state index in [1.54, 1.807) is 14.1 Å². The average molecular weight is 1750 g/mol. The largest absolute Gasteiger partial charge is 0.497 e. The van der Waals surface area contributed by atoms with Gasteiger partial charge in [0, 0.05) is 190 Å². The number of aliphatic hydroxyl groups is 6. The second-order valence-electron chi connectivity index (χ2n) is 26.9. The Morgan fingerprint density at radius 1 is 0.242 bits per heavy atom. The van der Waals surface area contributed by atoms with E-state index in [-0.39, 0.29) is 55.8 Å². The Balaban J connectivity index is 0.000000325. The molecule has 12 rings (SSSR count). The minimum Gasteiger partial charge on any atom is -0.497 e. The van der Waals surface area contributed by atoms with E-state index < -0.39 is 351 Å². The number of hydrogen-bond donors (Lipinski definition) is 6. The first-order valence-electron chi connectivity index (χ1n) is 78.1. The fourth-order valence-electron chi connectivity index (χ4n) is 11.8. The maximum absolute atomic E-state index is 11.9. The molecule has 6 aromatic rings. The van der Waals surface area contributed by atoms with Crippen LogP contribution in [0.5, 0.6) is 34.5 Å². The minimum atomic E-state index is -4.27. The van der Waals surface area contributed by atoms with Gasteiger partial charge >= 0.3 is 0 Å². The molecule has 0 spiro atoms. The number of rotatable bonds is 30. The fraction of sp³-hybridized carbons (Fsp3) is 0.647. The van der Waals surface area contributed by atoms with E-state index in [0.29, 0.717) is 17.2 Å². The maximum atomic E-state index is 11.9. The molecule has 0 radical (unpaired) electrons. The van der Waals surface area contributed by atoms with Gasteiger partial charge in [-0.2, -0.15) is 0 Å². The molecular weight excluding hydrogens is 1500 g/mol. The van der Waals surface area contributed by atoms with Gasteiger partial charge in [-0.3, -0.25) is 0 Å². The summed E-state index contributed by atoms with van der Waals surface area (Å²) in [6.07, 6.45) is -115. The molecule has 6 aliphatic carbocycles. The normalized spacial score (nSPS) is 43.8. The van der Waals surface area contributed by atoms with Crippen molar-refractivity contribution >= 4 is 0 Å². The number of benzene rings is 6. The number of nitrogens with zero attached hydrogens (tertiary/aromatic N) is 6. The van der Waals surface area contributed by atoms with E-state index in [4.69, 9.17) is 144 Å². The highest BCUT2D eigenvalue weighted by atomic mass is 16.5. The van der Waals surface area contributed by atoms with Crippen molar-refractivity contribution in [3.63, 3.8) is 0 Å². The molecule has 18 heteroatoms. The molecule has 6 N–H and O–H groups in total. The Morgan fingerprint density at radius 2 is 0.408 bits per heavy atom. The summed E-state index contributed by atoms with van der Waals surface area (Å²) in [5.74, 6) is -11.6. The van der Waals surface area contributed by atoms with Crippen LogP contribution in [0.15, 0.2) is 146 Å². The third kappa shape index (κ3) is 31.1. The zero-order valence-electron chi connectivity index (χ0n) is 152. The highest BCUT2D eigenvalue weighted by Gasteiger charge is 2.45. The topological polar surface area (TPSA) is 196 Å². The molecule has 0 aliphatic heterocycles. The van der Waals surface area contributed by atoms with E-state index in [0.717, 1.165) is 72.4 Å². The lowest BCUT2D eigenvalue weighted by atomic mass is 9.72. The zero-order chi connectivity index (χ0) is 162. The summed E-state index contributed by atoms with van der Waals surface area (Å²) in [6, 6.07) is 30.0. The lowest BCUT2D eigenvalue weighted by Gasteiger charge is -2.40. The first-order valence-corrected chi connectivity index (χ1v) is 36.1. The van der Waals surface area contributed by atoms with Crippen LogP contribution in [0, 0.1) is 0 Å². The third-order valence-electron chi connectivity index (χ3n) is 17.8. The van der Waals surface area contributed by atoms with Gasteiger partial charge in [0.1, 0.15) is 34.5 Å². The van der Waals surface area contributed by atoms with Gasteiger partial charge in [-0.1, -0.05) is 188 Å².